The summed E-state index contributed by atoms with van der Waals surface area (Å²) in [5.41, 5.74) is 1.29. The molecule has 0 radical (unpaired) electrons. The minimum absolute atomic E-state index is 0.0240. The lowest BCUT2D eigenvalue weighted by Crippen LogP contribution is -2.49. The van der Waals surface area contributed by atoms with Crippen molar-refractivity contribution in [2.45, 2.75) is 58.0 Å². The van der Waals surface area contributed by atoms with E-state index < -0.39 is 0 Å². The van der Waals surface area contributed by atoms with Crippen molar-refractivity contribution in [3.05, 3.63) is 47.6 Å². The molecule has 0 N–H and O–H groups in total. The number of nitrogens with zero attached hydrogens (tertiary/aromatic N) is 4. The Morgan fingerprint density at radius 3 is 2.71 bits per heavy atom. The maximum Gasteiger partial charge on any atom is 0.310 e. The summed E-state index contributed by atoms with van der Waals surface area (Å²) in [5.74, 6) is 1.51. The van der Waals surface area contributed by atoms with Crippen LogP contribution in [-0.2, 0) is 28.9 Å². The van der Waals surface area contributed by atoms with Gasteiger partial charge in [0.1, 0.15) is 0 Å². The van der Waals surface area contributed by atoms with Crippen LogP contribution in [0.5, 0.6) is 0 Å². The van der Waals surface area contributed by atoms with Gasteiger partial charge >= 0.3 is 5.97 Å². The second-order valence-electron chi connectivity index (χ2n) is 8.68. The zero-order valence-corrected chi connectivity index (χ0v) is 18.5. The molecule has 4 rings (SSSR count). The summed E-state index contributed by atoms with van der Waals surface area (Å²) >= 11 is 0. The molecular weight excluding hydrogens is 392 g/mol. The van der Waals surface area contributed by atoms with Crippen LogP contribution in [0.25, 0.3) is 0 Å². The molecule has 3 heterocycles. The van der Waals surface area contributed by atoms with Crippen molar-refractivity contribution in [2.75, 3.05) is 32.8 Å². The number of carbonyl (C=O) groups excluding carboxylic acids is 1. The van der Waals surface area contributed by atoms with E-state index in [0.717, 1.165) is 77.1 Å². The lowest BCUT2D eigenvalue weighted by Gasteiger charge is -2.41. The molecule has 2 aromatic rings. The molecule has 1 aromatic heterocycles. The fraction of sp³-hybridized carbons (Fsp3) is 0.625. The molecule has 2 saturated heterocycles. The van der Waals surface area contributed by atoms with E-state index in [9.17, 15) is 4.79 Å². The van der Waals surface area contributed by atoms with Gasteiger partial charge in [0.15, 0.2) is 5.82 Å². The average Bonchev–Trinajstić information content (AvgIpc) is 3.26. The molecule has 31 heavy (non-hydrogen) atoms. The lowest BCUT2D eigenvalue weighted by atomic mass is 9.94. The fourth-order valence-corrected chi connectivity index (χ4v) is 4.78. The Hall–Kier alpha value is -2.25. The molecule has 7 heteroatoms. The number of benzene rings is 1. The maximum absolute atomic E-state index is 12.1. The third-order valence-electron chi connectivity index (χ3n) is 6.50. The van der Waals surface area contributed by atoms with E-state index in [0.29, 0.717) is 18.5 Å². The summed E-state index contributed by atoms with van der Waals surface area (Å²) in [7, 11) is 0. The summed E-state index contributed by atoms with van der Waals surface area (Å²) in [4.78, 5) is 21.6. The minimum atomic E-state index is -0.0240. The molecular formula is C24H34N4O3. The van der Waals surface area contributed by atoms with Gasteiger partial charge in [-0.3, -0.25) is 14.6 Å². The molecule has 2 aliphatic rings. The number of hydrogen-bond donors (Lipinski definition) is 0. The van der Waals surface area contributed by atoms with Gasteiger partial charge in [0, 0.05) is 32.1 Å². The number of carbonyl (C=O) groups is 1. The topological polar surface area (TPSA) is 71.7 Å². The first-order valence-corrected chi connectivity index (χ1v) is 11.7. The number of aromatic nitrogens is 2. The zero-order chi connectivity index (χ0) is 21.5. The molecule has 1 aromatic carbocycles. The first-order chi connectivity index (χ1) is 15.2. The molecule has 0 bridgehead atoms. The second-order valence-corrected chi connectivity index (χ2v) is 8.68. The smallest absolute Gasteiger partial charge is 0.310 e. The predicted molar refractivity (Wildman–Crippen MR) is 117 cm³/mol. The van der Waals surface area contributed by atoms with E-state index >= 15 is 0 Å². The number of aryl methyl sites for hydroxylation is 2. The van der Waals surface area contributed by atoms with Crippen LogP contribution in [0, 0.1) is 5.92 Å². The second kappa shape index (κ2) is 10.9. The number of esters is 1. The van der Waals surface area contributed by atoms with Crippen LogP contribution in [-0.4, -0.2) is 64.7 Å². The Bertz CT molecular complexity index is 817. The van der Waals surface area contributed by atoms with Crippen molar-refractivity contribution in [1.82, 2.24) is 19.9 Å². The molecule has 2 fully saturated rings. The third kappa shape index (κ3) is 6.14. The number of piperidine rings is 2. The van der Waals surface area contributed by atoms with Crippen LogP contribution in [0.3, 0.4) is 0 Å². The molecule has 168 valence electrons. The predicted octanol–water partition coefficient (Wildman–Crippen LogP) is 3.09. The van der Waals surface area contributed by atoms with Crippen LogP contribution >= 0.6 is 0 Å². The summed E-state index contributed by atoms with van der Waals surface area (Å²) in [6.07, 6.45) is 5.99. The van der Waals surface area contributed by atoms with Crippen molar-refractivity contribution in [1.29, 1.82) is 0 Å². The first kappa shape index (κ1) is 22.0. The monoisotopic (exact) mass is 426 g/mol. The highest BCUT2D eigenvalue weighted by molar-refractivity contribution is 5.72. The number of likely N-dealkylation sites (tertiary alicyclic amines) is 2. The summed E-state index contributed by atoms with van der Waals surface area (Å²) < 4.78 is 10.7. The summed E-state index contributed by atoms with van der Waals surface area (Å²) in [6.45, 7) is 7.05. The Labute approximate surface area is 184 Å². The van der Waals surface area contributed by atoms with Gasteiger partial charge in [0.25, 0.3) is 0 Å². The lowest BCUT2D eigenvalue weighted by molar-refractivity contribution is -0.150. The van der Waals surface area contributed by atoms with Crippen molar-refractivity contribution in [3.63, 3.8) is 0 Å². The molecule has 0 unspecified atom stereocenters. The Morgan fingerprint density at radius 2 is 1.94 bits per heavy atom. The van der Waals surface area contributed by atoms with E-state index in [4.69, 9.17) is 9.26 Å². The van der Waals surface area contributed by atoms with Crippen LogP contribution in [0.2, 0.25) is 0 Å². The van der Waals surface area contributed by atoms with Crippen LogP contribution in [0.4, 0.5) is 0 Å². The Balaban J connectivity index is 1.21. The molecule has 0 amide bonds. The van der Waals surface area contributed by atoms with Crippen LogP contribution in [0.15, 0.2) is 34.9 Å². The quantitative estimate of drug-likeness (QED) is 0.601. The number of rotatable bonds is 8. The summed E-state index contributed by atoms with van der Waals surface area (Å²) in [5, 5.41) is 4.16. The van der Waals surface area contributed by atoms with Gasteiger partial charge in [-0.25, -0.2) is 0 Å². The third-order valence-corrected chi connectivity index (χ3v) is 6.50. The van der Waals surface area contributed by atoms with Gasteiger partial charge in [-0.15, -0.1) is 0 Å². The zero-order valence-electron chi connectivity index (χ0n) is 18.5. The normalized spacial score (nSPS) is 21.3. The van der Waals surface area contributed by atoms with E-state index in [1.807, 2.05) is 13.0 Å². The highest BCUT2D eigenvalue weighted by Crippen LogP contribution is 2.25. The van der Waals surface area contributed by atoms with E-state index in [1.165, 1.54) is 5.56 Å². The highest BCUT2D eigenvalue weighted by Gasteiger charge is 2.32. The standard InChI is InChI=1S/C24H34N4O3/c1-2-30-24(29)20-9-6-14-28(17-20)21-12-15-27(16-13-21)18-23-25-22(26-31-23)11-10-19-7-4-3-5-8-19/h3-5,7-8,20-21H,2,6,9-18H2,1H3/t20-/m1/s1. The van der Waals surface area contributed by atoms with Gasteiger partial charge in [0.05, 0.1) is 19.1 Å². The van der Waals surface area contributed by atoms with E-state index in [1.54, 1.807) is 0 Å². The largest absolute Gasteiger partial charge is 0.466 e. The maximum atomic E-state index is 12.1. The van der Waals surface area contributed by atoms with Gasteiger partial charge in [-0.1, -0.05) is 35.5 Å². The van der Waals surface area contributed by atoms with Crippen LogP contribution < -0.4 is 0 Å². The molecule has 2 aliphatic heterocycles. The number of ether oxygens (including phenoxy) is 1. The highest BCUT2D eigenvalue weighted by atomic mass is 16.5. The van der Waals surface area contributed by atoms with Crippen molar-refractivity contribution >= 4 is 5.97 Å². The molecule has 7 nitrogen and oxygen atoms in total. The average molecular weight is 427 g/mol. The Kier molecular flexibility index (Phi) is 7.70. The minimum Gasteiger partial charge on any atom is -0.466 e. The Morgan fingerprint density at radius 1 is 1.13 bits per heavy atom. The van der Waals surface area contributed by atoms with E-state index in [2.05, 4.69) is 44.2 Å². The number of hydrogen-bond acceptors (Lipinski definition) is 7. The SMILES string of the molecule is CCOC(=O)[C@@H]1CCCN(C2CCN(Cc3nc(CCc4ccccc4)no3)CC2)C1. The van der Waals surface area contributed by atoms with Crippen molar-refractivity contribution < 1.29 is 14.1 Å². The first-order valence-electron chi connectivity index (χ1n) is 11.7. The molecule has 0 spiro atoms. The van der Waals surface area contributed by atoms with Gasteiger partial charge < -0.3 is 9.26 Å². The van der Waals surface area contributed by atoms with Gasteiger partial charge in [-0.05, 0) is 51.1 Å². The molecule has 0 saturated carbocycles. The van der Waals surface area contributed by atoms with Gasteiger partial charge in [-0.2, -0.15) is 4.98 Å². The van der Waals surface area contributed by atoms with Crippen LogP contribution in [0.1, 0.15) is 49.9 Å². The van der Waals surface area contributed by atoms with Crippen molar-refractivity contribution in [2.24, 2.45) is 5.92 Å². The summed E-state index contributed by atoms with van der Waals surface area (Å²) in [6, 6.07) is 11.0. The molecule has 0 aliphatic carbocycles. The van der Waals surface area contributed by atoms with Crippen molar-refractivity contribution in [3.8, 4) is 0 Å². The molecule has 1 atom stereocenters. The van der Waals surface area contributed by atoms with E-state index in [-0.39, 0.29) is 11.9 Å². The van der Waals surface area contributed by atoms with Gasteiger partial charge in [0.2, 0.25) is 5.89 Å². The fourth-order valence-electron chi connectivity index (χ4n) is 4.78.